The summed E-state index contributed by atoms with van der Waals surface area (Å²) in [7, 11) is 1.76. The molecule has 3 unspecified atom stereocenters. The summed E-state index contributed by atoms with van der Waals surface area (Å²) in [6.07, 6.45) is 5.72. The van der Waals surface area contributed by atoms with E-state index in [9.17, 15) is 0 Å². The van der Waals surface area contributed by atoms with Crippen molar-refractivity contribution in [2.45, 2.75) is 25.3 Å². The zero-order chi connectivity index (χ0) is 20.7. The molecule has 3 nitrogen and oxygen atoms in total. The first-order valence-corrected chi connectivity index (χ1v) is 10.6. The fourth-order valence-electron chi connectivity index (χ4n) is 4.97. The normalized spacial score (nSPS) is 21.6. The highest BCUT2D eigenvalue weighted by Gasteiger charge is 2.40. The van der Waals surface area contributed by atoms with Crippen LogP contribution in [0.5, 0.6) is 11.5 Å². The molecule has 1 N–H and O–H groups in total. The summed E-state index contributed by atoms with van der Waals surface area (Å²) >= 11 is 0. The van der Waals surface area contributed by atoms with Gasteiger partial charge in [-0.1, -0.05) is 61.2 Å². The van der Waals surface area contributed by atoms with E-state index in [0.717, 1.165) is 29.2 Å². The maximum Gasteiger partial charge on any atom is 0.143 e. The van der Waals surface area contributed by atoms with Crippen LogP contribution < -0.4 is 14.8 Å². The molecule has 0 saturated heterocycles. The smallest absolute Gasteiger partial charge is 0.143 e. The predicted molar refractivity (Wildman–Crippen MR) is 124 cm³/mol. The van der Waals surface area contributed by atoms with Crippen LogP contribution in [0.25, 0.3) is 10.8 Å². The Labute approximate surface area is 178 Å². The van der Waals surface area contributed by atoms with Gasteiger partial charge in [-0.3, -0.25) is 0 Å². The molecule has 3 aromatic carbocycles. The Morgan fingerprint density at radius 2 is 1.93 bits per heavy atom. The summed E-state index contributed by atoms with van der Waals surface area (Å²) in [5.41, 5.74) is 4.64. The lowest BCUT2D eigenvalue weighted by Crippen LogP contribution is -2.30. The Bertz CT molecular complexity index is 1150. The molecule has 152 valence electrons. The number of fused-ring (bicyclic) bond motifs is 4. The van der Waals surface area contributed by atoms with Crippen molar-refractivity contribution in [3.05, 3.63) is 90.0 Å². The van der Waals surface area contributed by atoms with Gasteiger partial charge in [0.15, 0.2) is 0 Å². The van der Waals surface area contributed by atoms with Crippen LogP contribution in [0, 0.1) is 5.92 Å². The second-order valence-corrected chi connectivity index (χ2v) is 8.34. The lowest BCUT2D eigenvalue weighted by Gasteiger charge is -2.39. The number of methoxy groups -OCH3 is 1. The van der Waals surface area contributed by atoms with E-state index in [1.54, 1.807) is 7.11 Å². The molecule has 0 radical (unpaired) electrons. The Hall–Kier alpha value is -3.20. The zero-order valence-corrected chi connectivity index (χ0v) is 17.5. The van der Waals surface area contributed by atoms with E-state index in [-0.39, 0.29) is 6.04 Å². The van der Waals surface area contributed by atoms with Gasteiger partial charge in [0.05, 0.1) is 18.8 Å². The van der Waals surface area contributed by atoms with Gasteiger partial charge in [-0.15, -0.1) is 0 Å². The highest BCUT2D eigenvalue weighted by molar-refractivity contribution is 5.89. The fourth-order valence-corrected chi connectivity index (χ4v) is 4.97. The molecule has 3 atom stereocenters. The first-order valence-electron chi connectivity index (χ1n) is 10.6. The summed E-state index contributed by atoms with van der Waals surface area (Å²) in [6.45, 7) is 6.49. The average molecular weight is 398 g/mol. The Kier molecular flexibility index (Phi) is 4.74. The molecule has 3 aromatic rings. The van der Waals surface area contributed by atoms with E-state index in [1.165, 1.54) is 21.9 Å². The molecule has 0 fully saturated rings. The topological polar surface area (TPSA) is 30.5 Å². The zero-order valence-electron chi connectivity index (χ0n) is 17.5. The SMILES string of the molecule is C=C(C)COc1cccc2c1NC(c1c(OC)ccc3ccccc13)C1CC=CC21. The largest absolute Gasteiger partial charge is 0.496 e. The third-order valence-corrected chi connectivity index (χ3v) is 6.29. The third-order valence-electron chi connectivity index (χ3n) is 6.29. The first kappa shape index (κ1) is 18.8. The summed E-state index contributed by atoms with van der Waals surface area (Å²) in [5.74, 6) is 2.62. The molecule has 30 heavy (non-hydrogen) atoms. The number of ether oxygens (including phenoxy) is 2. The van der Waals surface area contributed by atoms with Crippen molar-refractivity contribution in [3.8, 4) is 11.5 Å². The molecule has 0 bridgehead atoms. The van der Waals surface area contributed by atoms with E-state index in [4.69, 9.17) is 9.47 Å². The van der Waals surface area contributed by atoms with Gasteiger partial charge >= 0.3 is 0 Å². The first-order chi connectivity index (χ1) is 14.7. The minimum absolute atomic E-state index is 0.133. The fraction of sp³-hybridized carbons (Fsp3) is 0.259. The lowest BCUT2D eigenvalue weighted by molar-refractivity contribution is 0.347. The number of benzene rings is 3. The van der Waals surface area contributed by atoms with Crippen molar-refractivity contribution in [1.82, 2.24) is 0 Å². The minimum Gasteiger partial charge on any atom is -0.496 e. The van der Waals surface area contributed by atoms with Crippen molar-refractivity contribution < 1.29 is 9.47 Å². The summed E-state index contributed by atoms with van der Waals surface area (Å²) in [6, 6.07) is 19.3. The molecule has 1 heterocycles. The number of para-hydroxylation sites is 1. The molecule has 1 aliphatic heterocycles. The molecule has 3 heteroatoms. The van der Waals surface area contributed by atoms with E-state index in [2.05, 4.69) is 72.6 Å². The number of anilines is 1. The monoisotopic (exact) mass is 397 g/mol. The van der Waals surface area contributed by atoms with Crippen molar-refractivity contribution in [1.29, 1.82) is 0 Å². The molecular formula is C27H27NO2. The quantitative estimate of drug-likeness (QED) is 0.490. The number of nitrogens with one attached hydrogen (secondary N) is 1. The van der Waals surface area contributed by atoms with Crippen LogP contribution in [0.1, 0.15) is 36.4 Å². The Balaban J connectivity index is 1.66. The molecule has 0 spiro atoms. The van der Waals surface area contributed by atoms with Crippen LogP contribution in [0.4, 0.5) is 5.69 Å². The van der Waals surface area contributed by atoms with Crippen LogP contribution in [0.15, 0.2) is 78.9 Å². The van der Waals surface area contributed by atoms with Gasteiger partial charge in [0.25, 0.3) is 0 Å². The second kappa shape index (κ2) is 7.56. The van der Waals surface area contributed by atoms with E-state index in [0.29, 0.717) is 18.4 Å². The number of rotatable bonds is 5. The van der Waals surface area contributed by atoms with E-state index < -0.39 is 0 Å². The summed E-state index contributed by atoms with van der Waals surface area (Å²) in [5, 5.41) is 6.34. The maximum atomic E-state index is 6.13. The second-order valence-electron chi connectivity index (χ2n) is 8.34. The molecule has 0 aromatic heterocycles. The van der Waals surface area contributed by atoms with Crippen LogP contribution >= 0.6 is 0 Å². The van der Waals surface area contributed by atoms with Gasteiger partial charge in [-0.2, -0.15) is 0 Å². The van der Waals surface area contributed by atoms with Crippen molar-refractivity contribution in [2.24, 2.45) is 5.92 Å². The van der Waals surface area contributed by atoms with Crippen molar-refractivity contribution in [3.63, 3.8) is 0 Å². The molecular weight excluding hydrogens is 370 g/mol. The third kappa shape index (κ3) is 3.06. The van der Waals surface area contributed by atoms with Gasteiger partial charge in [-0.05, 0) is 53.3 Å². The van der Waals surface area contributed by atoms with Gasteiger partial charge in [-0.25, -0.2) is 0 Å². The number of hydrogen-bond donors (Lipinski definition) is 1. The van der Waals surface area contributed by atoms with Crippen molar-refractivity contribution in [2.75, 3.05) is 19.0 Å². The summed E-state index contributed by atoms with van der Waals surface area (Å²) in [4.78, 5) is 0. The molecule has 0 amide bonds. The Morgan fingerprint density at radius 3 is 2.77 bits per heavy atom. The van der Waals surface area contributed by atoms with Crippen LogP contribution in [-0.4, -0.2) is 13.7 Å². The highest BCUT2D eigenvalue weighted by Crippen LogP contribution is 2.54. The lowest BCUT2D eigenvalue weighted by atomic mass is 9.75. The van der Waals surface area contributed by atoms with Crippen molar-refractivity contribution >= 4 is 16.5 Å². The Morgan fingerprint density at radius 1 is 1.07 bits per heavy atom. The number of allylic oxidation sites excluding steroid dienone is 2. The van der Waals surface area contributed by atoms with Gasteiger partial charge in [0.1, 0.15) is 18.1 Å². The molecule has 5 rings (SSSR count). The number of hydrogen-bond acceptors (Lipinski definition) is 3. The van der Waals surface area contributed by atoms with Gasteiger partial charge in [0, 0.05) is 11.5 Å². The van der Waals surface area contributed by atoms with Crippen LogP contribution in [0.2, 0.25) is 0 Å². The van der Waals surface area contributed by atoms with Gasteiger partial charge < -0.3 is 14.8 Å². The predicted octanol–water partition coefficient (Wildman–Crippen LogP) is 6.63. The maximum absolute atomic E-state index is 6.13. The van der Waals surface area contributed by atoms with Gasteiger partial charge in [0.2, 0.25) is 0 Å². The standard InChI is InChI=1S/C27H27NO2/c1-17(2)16-30-24-13-7-12-21-20-10-6-11-22(20)27(28-26(21)24)25-19-9-5-4-8-18(19)14-15-23(25)29-3/h4-10,12-15,20,22,27-28H,1,11,16H2,2-3H3. The minimum atomic E-state index is 0.133. The average Bonchev–Trinajstić information content (AvgIpc) is 3.26. The highest BCUT2D eigenvalue weighted by atomic mass is 16.5. The molecule has 0 saturated carbocycles. The summed E-state index contributed by atoms with van der Waals surface area (Å²) < 4.78 is 12.0. The molecule has 1 aliphatic carbocycles. The van der Waals surface area contributed by atoms with Crippen LogP contribution in [0.3, 0.4) is 0 Å². The van der Waals surface area contributed by atoms with E-state index in [1.807, 2.05) is 13.0 Å². The van der Waals surface area contributed by atoms with Crippen LogP contribution in [-0.2, 0) is 0 Å². The molecule has 2 aliphatic rings. The van der Waals surface area contributed by atoms with E-state index >= 15 is 0 Å².